The van der Waals surface area contributed by atoms with Crippen LogP contribution in [0, 0.1) is 6.92 Å². The van der Waals surface area contributed by atoms with Crippen molar-refractivity contribution in [1.82, 2.24) is 9.55 Å². The summed E-state index contributed by atoms with van der Waals surface area (Å²) >= 11 is 1.91. The summed E-state index contributed by atoms with van der Waals surface area (Å²) in [6.45, 7) is 11.4. The zero-order chi connectivity index (χ0) is 19.1. The van der Waals surface area contributed by atoms with Crippen molar-refractivity contribution in [2.24, 2.45) is 0 Å². The molecule has 2 aromatic carbocycles. The molecule has 4 aromatic rings. The molecule has 138 valence electrons. The second kappa shape index (κ2) is 6.97. The van der Waals surface area contributed by atoms with Crippen molar-refractivity contribution < 1.29 is 0 Å². The van der Waals surface area contributed by atoms with E-state index in [0.29, 0.717) is 11.8 Å². The molecule has 0 atom stereocenters. The summed E-state index contributed by atoms with van der Waals surface area (Å²) in [7, 11) is 0. The van der Waals surface area contributed by atoms with Crippen LogP contribution in [0.15, 0.2) is 54.9 Å². The fourth-order valence-electron chi connectivity index (χ4n) is 3.88. The van der Waals surface area contributed by atoms with Gasteiger partial charge in [-0.25, -0.2) is 4.98 Å². The van der Waals surface area contributed by atoms with Crippen molar-refractivity contribution >= 4 is 21.4 Å². The van der Waals surface area contributed by atoms with Gasteiger partial charge in [0.2, 0.25) is 0 Å². The van der Waals surface area contributed by atoms with Gasteiger partial charge in [0.1, 0.15) is 5.82 Å². The van der Waals surface area contributed by atoms with E-state index in [0.717, 1.165) is 11.4 Å². The van der Waals surface area contributed by atoms with E-state index in [9.17, 15) is 0 Å². The van der Waals surface area contributed by atoms with Gasteiger partial charge in [0, 0.05) is 27.5 Å². The van der Waals surface area contributed by atoms with Crippen LogP contribution in [0.1, 0.15) is 55.5 Å². The van der Waals surface area contributed by atoms with Gasteiger partial charge in [-0.2, -0.15) is 0 Å². The molecule has 0 amide bonds. The standard InChI is InChI=1S/C24H26N2S/c1-15(2)20-14-19-13-17(5)27-23(19)21(16(3)4)22(20)26-12-11-25-24(26)18-9-7-6-8-10-18/h6-16H,1-5H3. The van der Waals surface area contributed by atoms with E-state index in [-0.39, 0.29) is 0 Å². The first-order valence-electron chi connectivity index (χ1n) is 9.63. The second-order valence-electron chi connectivity index (χ2n) is 7.80. The number of hydrogen-bond donors (Lipinski definition) is 0. The molecule has 0 spiro atoms. The fourth-order valence-corrected chi connectivity index (χ4v) is 5.07. The molecule has 2 nitrogen and oxygen atoms in total. The van der Waals surface area contributed by atoms with E-state index < -0.39 is 0 Å². The summed E-state index contributed by atoms with van der Waals surface area (Å²) in [4.78, 5) is 6.08. The van der Waals surface area contributed by atoms with Gasteiger partial charge in [0.05, 0.1) is 5.69 Å². The van der Waals surface area contributed by atoms with Gasteiger partial charge in [0.25, 0.3) is 0 Å². The highest BCUT2D eigenvalue weighted by atomic mass is 32.1. The highest BCUT2D eigenvalue weighted by Gasteiger charge is 2.22. The number of benzene rings is 2. The Morgan fingerprint density at radius 2 is 1.70 bits per heavy atom. The van der Waals surface area contributed by atoms with Crippen LogP contribution in [0.2, 0.25) is 0 Å². The maximum absolute atomic E-state index is 4.72. The Labute approximate surface area is 165 Å². The van der Waals surface area contributed by atoms with Gasteiger partial charge in [-0.15, -0.1) is 11.3 Å². The van der Waals surface area contributed by atoms with E-state index in [1.54, 1.807) is 0 Å². The molecule has 0 unspecified atom stereocenters. The zero-order valence-electron chi connectivity index (χ0n) is 16.7. The summed E-state index contributed by atoms with van der Waals surface area (Å²) in [6, 6.07) is 15.2. The minimum absolute atomic E-state index is 0.435. The molecule has 0 radical (unpaired) electrons. The maximum atomic E-state index is 4.72. The van der Waals surface area contributed by atoms with Crippen molar-refractivity contribution in [1.29, 1.82) is 0 Å². The lowest BCUT2D eigenvalue weighted by molar-refractivity contribution is 0.815. The lowest BCUT2D eigenvalue weighted by atomic mass is 9.90. The van der Waals surface area contributed by atoms with Crippen molar-refractivity contribution in [2.75, 3.05) is 0 Å². The Balaban J connectivity index is 2.09. The predicted molar refractivity (Wildman–Crippen MR) is 117 cm³/mol. The maximum Gasteiger partial charge on any atom is 0.144 e. The van der Waals surface area contributed by atoms with Crippen LogP contribution in [-0.2, 0) is 0 Å². The van der Waals surface area contributed by atoms with E-state index >= 15 is 0 Å². The summed E-state index contributed by atoms with van der Waals surface area (Å²) in [5.74, 6) is 1.88. The minimum Gasteiger partial charge on any atom is -0.299 e. The van der Waals surface area contributed by atoms with Crippen LogP contribution in [0.3, 0.4) is 0 Å². The predicted octanol–water partition coefficient (Wildman–Crippen LogP) is 7.31. The Bertz CT molecular complexity index is 1080. The summed E-state index contributed by atoms with van der Waals surface area (Å²) in [5, 5.41) is 1.37. The highest BCUT2D eigenvalue weighted by Crippen LogP contribution is 2.42. The molecule has 0 aliphatic heterocycles. The monoisotopic (exact) mass is 374 g/mol. The van der Waals surface area contributed by atoms with Crippen molar-refractivity contribution in [2.45, 2.75) is 46.5 Å². The van der Waals surface area contributed by atoms with Gasteiger partial charge >= 0.3 is 0 Å². The van der Waals surface area contributed by atoms with Gasteiger partial charge in [-0.3, -0.25) is 4.57 Å². The Kier molecular flexibility index (Phi) is 4.65. The molecule has 0 aliphatic carbocycles. The lowest BCUT2D eigenvalue weighted by Crippen LogP contribution is -2.08. The third-order valence-electron chi connectivity index (χ3n) is 5.08. The normalized spacial score (nSPS) is 11.8. The van der Waals surface area contributed by atoms with Crippen LogP contribution in [0.5, 0.6) is 0 Å². The number of thiophene rings is 1. The molecule has 0 aliphatic rings. The molecular weight excluding hydrogens is 348 g/mol. The molecule has 0 saturated carbocycles. The van der Waals surface area contributed by atoms with Crippen LogP contribution in [0.25, 0.3) is 27.2 Å². The first-order chi connectivity index (χ1) is 13.0. The summed E-state index contributed by atoms with van der Waals surface area (Å²) < 4.78 is 3.71. The molecule has 3 heteroatoms. The molecule has 0 saturated heterocycles. The minimum atomic E-state index is 0.435. The number of hydrogen-bond acceptors (Lipinski definition) is 2. The zero-order valence-corrected chi connectivity index (χ0v) is 17.5. The summed E-state index contributed by atoms with van der Waals surface area (Å²) in [5.41, 5.74) is 5.28. The number of aryl methyl sites for hydroxylation is 1. The molecular formula is C24H26N2S. The summed E-state index contributed by atoms with van der Waals surface area (Å²) in [6.07, 6.45) is 4.03. The SMILES string of the molecule is Cc1cc2cc(C(C)C)c(-n3ccnc3-c3ccccc3)c(C(C)C)c2s1. The Morgan fingerprint density at radius 1 is 0.963 bits per heavy atom. The number of rotatable bonds is 4. The van der Waals surface area contributed by atoms with E-state index in [2.05, 4.69) is 87.8 Å². The average molecular weight is 375 g/mol. The number of aromatic nitrogens is 2. The van der Waals surface area contributed by atoms with Crippen LogP contribution in [-0.4, -0.2) is 9.55 Å². The van der Waals surface area contributed by atoms with Crippen LogP contribution >= 0.6 is 11.3 Å². The van der Waals surface area contributed by atoms with E-state index in [1.807, 2.05) is 17.5 Å². The topological polar surface area (TPSA) is 17.8 Å². The van der Waals surface area contributed by atoms with E-state index in [4.69, 9.17) is 4.98 Å². The van der Waals surface area contributed by atoms with E-state index in [1.165, 1.54) is 31.8 Å². The first kappa shape index (κ1) is 18.0. The van der Waals surface area contributed by atoms with Crippen molar-refractivity contribution in [3.05, 3.63) is 70.9 Å². The Hall–Kier alpha value is -2.39. The van der Waals surface area contributed by atoms with Crippen LogP contribution in [0.4, 0.5) is 0 Å². The van der Waals surface area contributed by atoms with Crippen LogP contribution < -0.4 is 0 Å². The largest absolute Gasteiger partial charge is 0.299 e. The third-order valence-corrected chi connectivity index (χ3v) is 6.18. The first-order valence-corrected chi connectivity index (χ1v) is 10.4. The third kappa shape index (κ3) is 3.10. The van der Waals surface area contributed by atoms with Gasteiger partial charge < -0.3 is 0 Å². The molecule has 0 bridgehead atoms. The molecule has 2 heterocycles. The molecule has 4 rings (SSSR count). The molecule has 0 N–H and O–H groups in total. The number of fused-ring (bicyclic) bond motifs is 1. The fraction of sp³-hybridized carbons (Fsp3) is 0.292. The molecule has 27 heavy (non-hydrogen) atoms. The van der Waals surface area contributed by atoms with Gasteiger partial charge in [0.15, 0.2) is 0 Å². The molecule has 0 fully saturated rings. The van der Waals surface area contributed by atoms with Crippen molar-refractivity contribution in [3.63, 3.8) is 0 Å². The smallest absolute Gasteiger partial charge is 0.144 e. The van der Waals surface area contributed by atoms with Gasteiger partial charge in [-0.1, -0.05) is 58.0 Å². The number of nitrogens with zero attached hydrogens (tertiary/aromatic N) is 2. The average Bonchev–Trinajstić information content (AvgIpc) is 3.25. The second-order valence-corrected chi connectivity index (χ2v) is 9.06. The Morgan fingerprint density at radius 3 is 2.37 bits per heavy atom. The lowest BCUT2D eigenvalue weighted by Gasteiger charge is -2.23. The quantitative estimate of drug-likeness (QED) is 0.366. The van der Waals surface area contributed by atoms with Crippen molar-refractivity contribution in [3.8, 4) is 17.1 Å². The van der Waals surface area contributed by atoms with Gasteiger partial charge in [-0.05, 0) is 47.4 Å². The molecule has 2 aromatic heterocycles. The highest BCUT2D eigenvalue weighted by molar-refractivity contribution is 7.19. The number of imidazole rings is 1.